The normalized spacial score (nSPS) is 11.8. The third kappa shape index (κ3) is 4.84. The van der Waals surface area contributed by atoms with E-state index in [9.17, 15) is 9.59 Å². The van der Waals surface area contributed by atoms with Crippen molar-refractivity contribution in [3.63, 3.8) is 0 Å². The summed E-state index contributed by atoms with van der Waals surface area (Å²) in [5.41, 5.74) is 7.25. The Morgan fingerprint density at radius 3 is 2.83 bits per heavy atom. The number of benzene rings is 1. The lowest BCUT2D eigenvalue weighted by Crippen LogP contribution is -2.37. The van der Waals surface area contributed by atoms with Crippen molar-refractivity contribution in [1.82, 2.24) is 15.3 Å². The smallest absolute Gasteiger partial charge is 0.260 e. The molecule has 24 heavy (non-hydrogen) atoms. The van der Waals surface area contributed by atoms with Gasteiger partial charge in [0.25, 0.3) is 11.5 Å². The summed E-state index contributed by atoms with van der Waals surface area (Å²) >= 11 is 0. The van der Waals surface area contributed by atoms with Gasteiger partial charge in [-0.05, 0) is 38.0 Å². The number of hydrogen-bond acceptors (Lipinski definition) is 5. The second-order valence-corrected chi connectivity index (χ2v) is 5.69. The number of amides is 1. The maximum atomic E-state index is 12.1. The highest BCUT2D eigenvalue weighted by molar-refractivity contribution is 5.80. The Hall–Kier alpha value is -2.83. The molecule has 7 heteroatoms. The number of aromatic amines is 1. The van der Waals surface area contributed by atoms with E-state index in [1.54, 1.807) is 6.92 Å². The van der Waals surface area contributed by atoms with Crippen molar-refractivity contribution in [2.24, 2.45) is 0 Å². The molecule has 0 fully saturated rings. The molecule has 4 N–H and O–H groups in total. The molecule has 0 radical (unpaired) electrons. The second-order valence-electron chi connectivity index (χ2n) is 5.69. The van der Waals surface area contributed by atoms with E-state index in [-0.39, 0.29) is 17.3 Å². The number of nitrogens with two attached hydrogens (primary N) is 1. The molecule has 0 saturated carbocycles. The largest absolute Gasteiger partial charge is 0.481 e. The number of nitrogens with one attached hydrogen (secondary N) is 2. The molecule has 2 rings (SSSR count). The quantitative estimate of drug-likeness (QED) is 0.734. The lowest BCUT2D eigenvalue weighted by atomic mass is 10.1. The second kappa shape index (κ2) is 7.63. The summed E-state index contributed by atoms with van der Waals surface area (Å²) in [6.07, 6.45) is -0.249. The number of carbonyl (C=O) groups is 1. The molecule has 0 bridgehead atoms. The van der Waals surface area contributed by atoms with Gasteiger partial charge in [-0.1, -0.05) is 12.1 Å². The van der Waals surface area contributed by atoms with Gasteiger partial charge in [0.15, 0.2) is 6.10 Å². The number of nitrogen functional groups attached to an aromatic ring is 1. The first-order chi connectivity index (χ1) is 11.3. The van der Waals surface area contributed by atoms with Crippen LogP contribution in [-0.4, -0.2) is 28.5 Å². The number of hydrogen-bond donors (Lipinski definition) is 3. The highest BCUT2D eigenvalue weighted by atomic mass is 16.5. The zero-order chi connectivity index (χ0) is 17.7. The van der Waals surface area contributed by atoms with E-state index in [0.29, 0.717) is 24.5 Å². The van der Waals surface area contributed by atoms with Crippen LogP contribution in [0.25, 0.3) is 0 Å². The fraction of sp³-hybridized carbons (Fsp3) is 0.353. The molecule has 1 aromatic heterocycles. The van der Waals surface area contributed by atoms with Crippen LogP contribution >= 0.6 is 0 Å². The number of H-pyrrole nitrogens is 1. The lowest BCUT2D eigenvalue weighted by molar-refractivity contribution is -0.127. The Kier molecular flexibility index (Phi) is 5.57. The predicted molar refractivity (Wildman–Crippen MR) is 92.0 cm³/mol. The molecule has 0 aliphatic heterocycles. The number of nitrogens with zero attached hydrogens (tertiary/aromatic N) is 1. The number of carbonyl (C=O) groups excluding carboxylic acids is 1. The van der Waals surface area contributed by atoms with E-state index in [1.807, 2.05) is 32.0 Å². The van der Waals surface area contributed by atoms with Crippen molar-refractivity contribution < 1.29 is 9.53 Å². The van der Waals surface area contributed by atoms with E-state index < -0.39 is 6.10 Å². The topological polar surface area (TPSA) is 110 Å². The monoisotopic (exact) mass is 330 g/mol. The van der Waals surface area contributed by atoms with Gasteiger partial charge < -0.3 is 20.8 Å². The maximum Gasteiger partial charge on any atom is 0.260 e. The summed E-state index contributed by atoms with van der Waals surface area (Å²) in [6.45, 7) is 5.92. The summed E-state index contributed by atoms with van der Waals surface area (Å²) in [7, 11) is 0. The predicted octanol–water partition coefficient (Wildman–Crippen LogP) is 1.10. The van der Waals surface area contributed by atoms with Gasteiger partial charge in [-0.15, -0.1) is 0 Å². The molecular formula is C17H22N4O3. The minimum absolute atomic E-state index is 0.159. The van der Waals surface area contributed by atoms with Crippen molar-refractivity contribution in [3.8, 4) is 5.75 Å². The average molecular weight is 330 g/mol. The molecule has 0 spiro atoms. The zero-order valence-corrected chi connectivity index (χ0v) is 14.1. The van der Waals surface area contributed by atoms with Crippen molar-refractivity contribution in [2.75, 3.05) is 12.3 Å². The number of rotatable bonds is 6. The summed E-state index contributed by atoms with van der Waals surface area (Å²) in [5.74, 6) is 1.05. The van der Waals surface area contributed by atoms with Crippen molar-refractivity contribution in [3.05, 3.63) is 51.6 Å². The third-order valence-corrected chi connectivity index (χ3v) is 3.49. The van der Waals surface area contributed by atoms with Gasteiger partial charge in [0, 0.05) is 19.0 Å². The number of aromatic nitrogens is 2. The number of ether oxygens (including phenoxy) is 1. The SMILES string of the molecule is Cc1ccc(C)c(O[C@@H](C)C(=O)NCCc2nc(N)cc(=O)[nH]2)c1. The fourth-order valence-corrected chi connectivity index (χ4v) is 2.17. The highest BCUT2D eigenvalue weighted by Gasteiger charge is 2.15. The summed E-state index contributed by atoms with van der Waals surface area (Å²) in [6, 6.07) is 7.06. The van der Waals surface area contributed by atoms with Gasteiger partial charge in [-0.3, -0.25) is 9.59 Å². The Balaban J connectivity index is 1.87. The van der Waals surface area contributed by atoms with Crippen LogP contribution in [0.2, 0.25) is 0 Å². The molecule has 1 aromatic carbocycles. The average Bonchev–Trinajstić information content (AvgIpc) is 2.49. The molecule has 0 saturated heterocycles. The minimum Gasteiger partial charge on any atom is -0.481 e. The first kappa shape index (κ1) is 17.5. The van der Waals surface area contributed by atoms with Crippen LogP contribution < -0.4 is 21.3 Å². The van der Waals surface area contributed by atoms with E-state index in [1.165, 1.54) is 6.07 Å². The third-order valence-electron chi connectivity index (χ3n) is 3.49. The Morgan fingerprint density at radius 1 is 1.38 bits per heavy atom. The standard InChI is InChI=1S/C17H22N4O3/c1-10-4-5-11(2)13(8-10)24-12(3)17(23)19-7-6-15-20-14(18)9-16(22)21-15/h4-5,8-9,12H,6-7H2,1-3H3,(H,19,23)(H3,18,20,21,22)/t12-/m0/s1. The van der Waals surface area contributed by atoms with Crippen molar-refractivity contribution in [2.45, 2.75) is 33.3 Å². The van der Waals surface area contributed by atoms with Crippen LogP contribution in [0.4, 0.5) is 5.82 Å². The summed E-state index contributed by atoms with van der Waals surface area (Å²) < 4.78 is 5.72. The number of aryl methyl sites for hydroxylation is 2. The van der Waals surface area contributed by atoms with Crippen LogP contribution in [0, 0.1) is 13.8 Å². The van der Waals surface area contributed by atoms with Gasteiger partial charge in [0.2, 0.25) is 0 Å². The van der Waals surface area contributed by atoms with E-state index in [4.69, 9.17) is 10.5 Å². The summed E-state index contributed by atoms with van der Waals surface area (Å²) in [5, 5.41) is 2.76. The van der Waals surface area contributed by atoms with Gasteiger partial charge in [-0.2, -0.15) is 0 Å². The highest BCUT2D eigenvalue weighted by Crippen LogP contribution is 2.20. The molecule has 1 amide bonds. The van der Waals surface area contributed by atoms with Gasteiger partial charge in [0.05, 0.1) is 0 Å². The van der Waals surface area contributed by atoms with Gasteiger partial charge in [-0.25, -0.2) is 4.98 Å². The molecule has 2 aromatic rings. The Bertz CT molecular complexity index is 786. The molecule has 128 valence electrons. The van der Waals surface area contributed by atoms with E-state index in [2.05, 4.69) is 15.3 Å². The van der Waals surface area contributed by atoms with Crippen molar-refractivity contribution >= 4 is 11.7 Å². The van der Waals surface area contributed by atoms with Crippen molar-refractivity contribution in [1.29, 1.82) is 0 Å². The first-order valence-corrected chi connectivity index (χ1v) is 7.72. The molecule has 0 aliphatic carbocycles. The number of anilines is 1. The molecule has 7 nitrogen and oxygen atoms in total. The van der Waals surface area contributed by atoms with E-state index in [0.717, 1.165) is 11.1 Å². The maximum absolute atomic E-state index is 12.1. The molecule has 0 unspecified atom stereocenters. The van der Waals surface area contributed by atoms with Gasteiger partial charge in [0.1, 0.15) is 17.4 Å². The Morgan fingerprint density at radius 2 is 2.12 bits per heavy atom. The first-order valence-electron chi connectivity index (χ1n) is 7.72. The molecule has 0 aliphatic rings. The Labute approximate surface area is 140 Å². The van der Waals surface area contributed by atoms with Crippen LogP contribution in [-0.2, 0) is 11.2 Å². The lowest BCUT2D eigenvalue weighted by Gasteiger charge is -2.16. The molecule has 1 atom stereocenters. The zero-order valence-electron chi connectivity index (χ0n) is 14.1. The van der Waals surface area contributed by atoms with Crippen LogP contribution in [0.3, 0.4) is 0 Å². The minimum atomic E-state index is -0.627. The van der Waals surface area contributed by atoms with Gasteiger partial charge >= 0.3 is 0 Å². The van der Waals surface area contributed by atoms with Crippen LogP contribution in [0.5, 0.6) is 5.75 Å². The molecule has 1 heterocycles. The fourth-order valence-electron chi connectivity index (χ4n) is 2.17. The van der Waals surface area contributed by atoms with Crippen LogP contribution in [0.15, 0.2) is 29.1 Å². The van der Waals surface area contributed by atoms with E-state index >= 15 is 0 Å². The molecular weight excluding hydrogens is 308 g/mol. The summed E-state index contributed by atoms with van der Waals surface area (Å²) in [4.78, 5) is 30.0. The van der Waals surface area contributed by atoms with Crippen LogP contribution in [0.1, 0.15) is 23.9 Å².